The molecule has 0 spiro atoms. The summed E-state index contributed by atoms with van der Waals surface area (Å²) in [7, 11) is 0. The molecule has 0 nitrogen and oxygen atoms in total. The Morgan fingerprint density at radius 2 is 1.12 bits per heavy atom. The van der Waals surface area contributed by atoms with Crippen LogP contribution >= 0.6 is 0 Å². The zero-order valence-corrected chi connectivity index (χ0v) is 21.7. The minimum atomic E-state index is 0. The van der Waals surface area contributed by atoms with Crippen LogP contribution < -0.4 is 24.8 Å². The van der Waals surface area contributed by atoms with E-state index in [1.807, 2.05) is 12.2 Å². The van der Waals surface area contributed by atoms with Crippen LogP contribution in [-0.2, 0) is 26.2 Å². The second-order valence-corrected chi connectivity index (χ2v) is 6.65. The Balaban J connectivity index is 0. The van der Waals surface area contributed by atoms with Crippen molar-refractivity contribution in [2.75, 3.05) is 0 Å². The van der Waals surface area contributed by atoms with Gasteiger partial charge < -0.3 is 39.7 Å². The smallest absolute Gasteiger partial charge is 1.00 e. The summed E-state index contributed by atoms with van der Waals surface area (Å²) in [6, 6.07) is 28.6. The van der Waals surface area contributed by atoms with Gasteiger partial charge in [0.25, 0.3) is 0 Å². The number of fused-ring (bicyclic) bond motifs is 7. The number of allylic oxidation sites excluding steroid dienone is 4. The van der Waals surface area contributed by atoms with Crippen LogP contribution in [0.5, 0.6) is 0 Å². The molecule has 0 N–H and O–H groups in total. The first-order valence-electron chi connectivity index (χ1n) is 9.02. The summed E-state index contributed by atoms with van der Waals surface area (Å²) >= 11 is 0. The Bertz CT molecular complexity index is 1210. The molecule has 0 bridgehead atoms. The maximum absolute atomic E-state index is 2.99. The van der Waals surface area contributed by atoms with Gasteiger partial charge in [0.1, 0.15) is 0 Å². The molecule has 0 saturated heterocycles. The molecule has 0 radical (unpaired) electrons. The van der Waals surface area contributed by atoms with Gasteiger partial charge in [-0.1, -0.05) is 78.9 Å². The molecule has 1 aliphatic rings. The van der Waals surface area contributed by atoms with E-state index in [9.17, 15) is 0 Å². The van der Waals surface area contributed by atoms with Crippen LogP contribution in [-0.4, -0.2) is 0 Å². The molecule has 0 atom stereocenters. The Hall–Kier alpha value is -1.79. The van der Waals surface area contributed by atoms with Crippen LogP contribution in [0.4, 0.5) is 0 Å². The summed E-state index contributed by atoms with van der Waals surface area (Å²) in [5, 5.41) is 10.8. The van der Waals surface area contributed by atoms with Crippen LogP contribution in [0.15, 0.2) is 97.1 Å². The van der Waals surface area contributed by atoms with Gasteiger partial charge in [0, 0.05) is 0 Å². The van der Waals surface area contributed by atoms with E-state index in [4.69, 9.17) is 0 Å². The van der Waals surface area contributed by atoms with Crippen molar-refractivity contribution in [2.45, 2.75) is 13.8 Å². The van der Waals surface area contributed by atoms with Crippen molar-refractivity contribution >= 4 is 43.1 Å². The molecule has 0 heterocycles. The van der Waals surface area contributed by atoms with Gasteiger partial charge in [-0.15, -0.1) is 46.2 Å². The monoisotopic (exact) mass is 536 g/mol. The van der Waals surface area contributed by atoms with Crippen LogP contribution in [0.2, 0.25) is 0 Å². The van der Waals surface area contributed by atoms with Gasteiger partial charge in [-0.25, -0.2) is 12.2 Å². The first-order chi connectivity index (χ1) is 12.9. The number of hydrogen-bond donors (Lipinski definition) is 0. The molecule has 166 valence electrons. The minimum Gasteiger partial charge on any atom is -1.00 e. The van der Waals surface area contributed by atoms with Gasteiger partial charge in [-0.05, 0) is 10.8 Å². The van der Waals surface area contributed by atoms with Crippen molar-refractivity contribution in [1.29, 1.82) is 0 Å². The van der Waals surface area contributed by atoms with Crippen LogP contribution in [0.25, 0.3) is 43.1 Å². The van der Waals surface area contributed by atoms with Gasteiger partial charge in [-0.3, -0.25) is 6.08 Å². The number of halogens is 2. The van der Waals surface area contributed by atoms with E-state index < -0.39 is 0 Å². The normalized spacial score (nSPS) is 10.5. The zero-order chi connectivity index (χ0) is 17.3. The van der Waals surface area contributed by atoms with Crippen molar-refractivity contribution in [1.82, 2.24) is 0 Å². The third-order valence-corrected chi connectivity index (χ3v) is 5.07. The molecule has 0 aliphatic heterocycles. The van der Waals surface area contributed by atoms with E-state index in [2.05, 4.69) is 91.0 Å². The van der Waals surface area contributed by atoms with Crippen molar-refractivity contribution in [3.63, 3.8) is 0 Å². The SMILES string of the molecule is C.[C-]1=CC=CC1.[CH3-].[CH3-].[Cl-].[Cl-].[Zr+2].c1ccc2c(c1)ccc1[cH-]c3ccc4ccccc4c3c12. The van der Waals surface area contributed by atoms with E-state index >= 15 is 0 Å². The van der Waals surface area contributed by atoms with Gasteiger partial charge in [0.05, 0.1) is 0 Å². The maximum Gasteiger partial charge on any atom is 2.00 e. The molecule has 0 aromatic heterocycles. The molecular weight excluding hydrogens is 510 g/mol. The van der Waals surface area contributed by atoms with E-state index in [1.165, 1.54) is 43.1 Å². The predicted molar refractivity (Wildman–Crippen MR) is 133 cm³/mol. The fourth-order valence-corrected chi connectivity index (χ4v) is 3.88. The first-order valence-corrected chi connectivity index (χ1v) is 9.02. The largest absolute Gasteiger partial charge is 2.00 e. The molecule has 0 saturated carbocycles. The van der Waals surface area contributed by atoms with Crippen LogP contribution in [0, 0.1) is 20.9 Å². The first kappa shape index (κ1) is 32.4. The van der Waals surface area contributed by atoms with Crippen LogP contribution in [0.3, 0.4) is 0 Å². The van der Waals surface area contributed by atoms with Gasteiger partial charge in [0.15, 0.2) is 0 Å². The van der Waals surface area contributed by atoms with Crippen molar-refractivity contribution in [2.24, 2.45) is 0 Å². The van der Waals surface area contributed by atoms with E-state index in [-0.39, 0.29) is 73.3 Å². The summed E-state index contributed by atoms with van der Waals surface area (Å²) in [4.78, 5) is 0. The second kappa shape index (κ2) is 14.4. The summed E-state index contributed by atoms with van der Waals surface area (Å²) in [6.07, 6.45) is 10.0. The van der Waals surface area contributed by atoms with E-state index in [1.54, 1.807) is 0 Å². The summed E-state index contributed by atoms with van der Waals surface area (Å²) < 4.78 is 0. The van der Waals surface area contributed by atoms with Crippen molar-refractivity contribution in [3.05, 3.63) is 118 Å². The zero-order valence-electron chi connectivity index (χ0n) is 17.7. The molecule has 5 aromatic rings. The second-order valence-electron chi connectivity index (χ2n) is 6.65. The number of benzene rings is 4. The average molecular weight is 539 g/mol. The van der Waals surface area contributed by atoms with Gasteiger partial charge in [0.2, 0.25) is 0 Å². The Labute approximate surface area is 224 Å². The molecule has 3 heteroatoms. The summed E-state index contributed by atoms with van der Waals surface area (Å²) in [5.74, 6) is 0. The fourth-order valence-electron chi connectivity index (χ4n) is 3.88. The molecule has 5 aromatic carbocycles. The number of hydrogen-bond acceptors (Lipinski definition) is 0. The quantitative estimate of drug-likeness (QED) is 0.266. The van der Waals surface area contributed by atoms with Crippen LogP contribution in [0.1, 0.15) is 13.8 Å². The Morgan fingerprint density at radius 3 is 1.50 bits per heavy atom. The van der Waals surface area contributed by atoms with E-state index in [0.717, 1.165) is 6.42 Å². The molecule has 0 fully saturated rings. The number of rotatable bonds is 0. The molecule has 32 heavy (non-hydrogen) atoms. The third kappa shape index (κ3) is 5.96. The average Bonchev–Trinajstić information content (AvgIpc) is 3.39. The van der Waals surface area contributed by atoms with Crippen molar-refractivity contribution < 1.29 is 51.0 Å². The topological polar surface area (TPSA) is 0 Å². The minimum absolute atomic E-state index is 0. The molecule has 0 unspecified atom stereocenters. The van der Waals surface area contributed by atoms with Gasteiger partial charge >= 0.3 is 26.2 Å². The molecule has 6 rings (SSSR count). The molecular formula is C29H28Cl2Zr-4. The third-order valence-electron chi connectivity index (χ3n) is 5.07. The summed E-state index contributed by atoms with van der Waals surface area (Å²) in [5.41, 5.74) is 0. The maximum atomic E-state index is 2.99. The van der Waals surface area contributed by atoms with E-state index in [0.29, 0.717) is 0 Å². The molecule has 0 amide bonds. The summed E-state index contributed by atoms with van der Waals surface area (Å²) in [6.45, 7) is 0. The van der Waals surface area contributed by atoms with Gasteiger partial charge in [-0.2, -0.15) is 6.08 Å². The van der Waals surface area contributed by atoms with Crippen molar-refractivity contribution in [3.8, 4) is 0 Å². The fraction of sp³-hybridized carbons (Fsp3) is 0.0690. The standard InChI is InChI=1S/C21H13.C5H5.CH4.2CH3.2ClH.Zr/c1-3-7-18-14(5-1)9-11-16-13-17-12-10-15-6-2-4-8-19(15)21(17)20(16)18;1-2-4-5-3-1;;;;;;/h1-13H;1-3H,4H2;1H4;2*1H3;2*1H;/q2*-1;;2*-1;;;+2/p-2. The predicted octanol–water partition coefficient (Wildman–Crippen LogP) is 2.87. The Morgan fingerprint density at radius 1 is 0.656 bits per heavy atom. The Kier molecular flexibility index (Phi) is 14.6. The molecule has 1 aliphatic carbocycles.